The highest BCUT2D eigenvalue weighted by Gasteiger charge is 2.64. The van der Waals surface area contributed by atoms with Gasteiger partial charge in [0.15, 0.2) is 0 Å². The van der Waals surface area contributed by atoms with Gasteiger partial charge in [-0.15, -0.1) is 36.8 Å². The van der Waals surface area contributed by atoms with E-state index in [0.717, 1.165) is 0 Å². The van der Waals surface area contributed by atoms with Crippen molar-refractivity contribution in [3.8, 4) is 0 Å². The van der Waals surface area contributed by atoms with Gasteiger partial charge in [0.05, 0.1) is 29.4 Å². The zero-order chi connectivity index (χ0) is 17.2. The third-order valence-electron chi connectivity index (χ3n) is 5.64. The molecule has 0 saturated carbocycles. The fourth-order valence-electron chi connectivity index (χ4n) is 4.75. The third-order valence-corrected chi connectivity index (χ3v) is 72.3. The van der Waals surface area contributed by atoms with Gasteiger partial charge in [-0.2, -0.15) is 0 Å². The summed E-state index contributed by atoms with van der Waals surface area (Å²) in [5.74, 6) is 0. The molecule has 1 aromatic carbocycles. The average Bonchev–Trinajstić information content (AvgIpc) is 2.48. The van der Waals surface area contributed by atoms with Crippen molar-refractivity contribution in [1.29, 1.82) is 0 Å². The normalized spacial score (nSPS) is 13.5. The van der Waals surface area contributed by atoms with Crippen LogP contribution in [0.5, 0.6) is 0 Å². The standard InChI is InChI=1S/C18H32Si4/c1-10-19(4,5)22(20(6,7)11-2,21(8,9)12-3)18-16-14-13-15-17-18/h10-17H,1-3H2,4-9H3. The predicted molar refractivity (Wildman–Crippen MR) is 115 cm³/mol. The Balaban J connectivity index is 4.02. The monoisotopic (exact) mass is 360 g/mol. The maximum atomic E-state index is 4.29. The number of benzene rings is 1. The second-order valence-electron chi connectivity index (χ2n) is 7.89. The molecule has 0 atom stereocenters. The van der Waals surface area contributed by atoms with Gasteiger partial charge in [0, 0.05) is 0 Å². The molecule has 0 heterocycles. The fraction of sp³-hybridized carbons (Fsp3) is 0.333. The highest BCUT2D eigenvalue weighted by Crippen LogP contribution is 2.38. The molecule has 0 unspecified atom stereocenters. The zero-order valence-electron chi connectivity index (χ0n) is 15.2. The van der Waals surface area contributed by atoms with E-state index in [1.54, 1.807) is 5.19 Å². The summed E-state index contributed by atoms with van der Waals surface area (Å²) in [7, 11) is -4.88. The largest absolute Gasteiger partial charge is 0.107 e. The Morgan fingerprint density at radius 3 is 1.23 bits per heavy atom. The Bertz CT molecular complexity index is 505. The summed E-state index contributed by atoms with van der Waals surface area (Å²) in [6.07, 6.45) is 0. The summed E-state index contributed by atoms with van der Waals surface area (Å²) in [6.45, 7) is 26.3. The highest BCUT2D eigenvalue weighted by atomic mass is 29.9. The quantitative estimate of drug-likeness (QED) is 0.608. The van der Waals surface area contributed by atoms with E-state index in [0.29, 0.717) is 0 Å². The number of rotatable bonds is 7. The van der Waals surface area contributed by atoms with Gasteiger partial charge in [-0.1, -0.05) is 74.8 Å². The van der Waals surface area contributed by atoms with Crippen LogP contribution in [0.4, 0.5) is 0 Å². The lowest BCUT2D eigenvalue weighted by Crippen LogP contribution is -2.89. The molecular weight excluding hydrogens is 329 g/mol. The van der Waals surface area contributed by atoms with Crippen molar-refractivity contribution in [3.63, 3.8) is 0 Å². The van der Waals surface area contributed by atoms with Gasteiger partial charge in [0.25, 0.3) is 0 Å². The van der Waals surface area contributed by atoms with E-state index in [-0.39, 0.29) is 0 Å². The first kappa shape index (κ1) is 19.4. The summed E-state index contributed by atoms with van der Waals surface area (Å²) in [5.41, 5.74) is 7.05. The SMILES string of the molecule is C=C[Si](C)(C)[Si](c1ccccc1)([Si](C)(C)C=C)[Si](C)(C)C=C. The molecule has 0 radical (unpaired) electrons. The first-order valence-corrected chi connectivity index (χ1v) is 22.2. The first-order chi connectivity index (χ1) is 10.0. The molecule has 0 saturated heterocycles. The molecule has 4 heteroatoms. The Morgan fingerprint density at radius 1 is 0.636 bits per heavy atom. The van der Waals surface area contributed by atoms with Crippen LogP contribution >= 0.6 is 0 Å². The predicted octanol–water partition coefficient (Wildman–Crippen LogP) is 4.88. The molecule has 1 rings (SSSR count). The van der Waals surface area contributed by atoms with Gasteiger partial charge in [-0.3, -0.25) is 0 Å². The van der Waals surface area contributed by atoms with Crippen molar-refractivity contribution in [3.05, 3.63) is 67.2 Å². The average molecular weight is 361 g/mol. The first-order valence-electron chi connectivity index (χ1n) is 8.00. The van der Waals surface area contributed by atoms with Gasteiger partial charge in [-0.05, 0) is 0 Å². The lowest BCUT2D eigenvalue weighted by molar-refractivity contribution is 1.73. The van der Waals surface area contributed by atoms with Crippen LogP contribution in [0.15, 0.2) is 67.2 Å². The summed E-state index contributed by atoms with van der Waals surface area (Å²) in [5, 5.41) is 1.62. The van der Waals surface area contributed by atoms with E-state index in [1.165, 1.54) is 0 Å². The molecule has 0 N–H and O–H groups in total. The molecule has 0 fully saturated rings. The van der Waals surface area contributed by atoms with Gasteiger partial charge in [0.2, 0.25) is 0 Å². The van der Waals surface area contributed by atoms with Crippen molar-refractivity contribution in [2.75, 3.05) is 0 Å². The van der Waals surface area contributed by atoms with Crippen molar-refractivity contribution in [1.82, 2.24) is 0 Å². The molecule has 0 aliphatic rings. The van der Waals surface area contributed by atoms with Crippen LogP contribution in [0.3, 0.4) is 0 Å². The Labute approximate surface area is 141 Å². The number of hydrogen-bond acceptors (Lipinski definition) is 0. The van der Waals surface area contributed by atoms with E-state index in [2.05, 4.69) is 106 Å². The maximum absolute atomic E-state index is 4.29. The van der Waals surface area contributed by atoms with E-state index in [9.17, 15) is 0 Å². The maximum Gasteiger partial charge on any atom is 0.0823 e. The van der Waals surface area contributed by atoms with Crippen LogP contribution in [0.25, 0.3) is 0 Å². The highest BCUT2D eigenvalue weighted by molar-refractivity contribution is 7.94. The van der Waals surface area contributed by atoms with Crippen molar-refractivity contribution in [2.24, 2.45) is 0 Å². The Hall–Kier alpha value is -0.692. The molecule has 0 nitrogen and oxygen atoms in total. The molecule has 1 aromatic rings. The topological polar surface area (TPSA) is 0 Å². The van der Waals surface area contributed by atoms with Crippen LogP contribution in [0.1, 0.15) is 0 Å². The van der Waals surface area contributed by atoms with Gasteiger partial charge in [0.1, 0.15) is 0 Å². The molecule has 0 aromatic heterocycles. The van der Waals surface area contributed by atoms with Crippen LogP contribution in [0, 0.1) is 0 Å². The summed E-state index contributed by atoms with van der Waals surface area (Å²) >= 11 is 0. The van der Waals surface area contributed by atoms with Crippen molar-refractivity contribution >= 4 is 34.6 Å². The van der Waals surface area contributed by atoms with E-state index in [1.807, 2.05) is 0 Å². The van der Waals surface area contributed by atoms with E-state index in [4.69, 9.17) is 0 Å². The van der Waals surface area contributed by atoms with E-state index < -0.39 is 29.4 Å². The van der Waals surface area contributed by atoms with Crippen LogP contribution < -0.4 is 5.19 Å². The summed E-state index contributed by atoms with van der Waals surface area (Å²) in [4.78, 5) is 0. The number of hydrogen-bond donors (Lipinski definition) is 0. The molecule has 0 amide bonds. The van der Waals surface area contributed by atoms with Crippen LogP contribution in [-0.4, -0.2) is 29.4 Å². The Morgan fingerprint density at radius 2 is 0.955 bits per heavy atom. The second kappa shape index (κ2) is 6.43. The van der Waals surface area contributed by atoms with Gasteiger partial charge >= 0.3 is 0 Å². The second-order valence-corrected chi connectivity index (χ2v) is 44.4. The smallest absolute Gasteiger partial charge is 0.0823 e. The van der Waals surface area contributed by atoms with Crippen molar-refractivity contribution in [2.45, 2.75) is 39.3 Å². The zero-order valence-corrected chi connectivity index (χ0v) is 19.2. The summed E-state index contributed by atoms with van der Waals surface area (Å²) in [6, 6.07) is 11.3. The van der Waals surface area contributed by atoms with Gasteiger partial charge < -0.3 is 0 Å². The minimum atomic E-state index is -1.79. The lowest BCUT2D eigenvalue weighted by Gasteiger charge is -2.58. The van der Waals surface area contributed by atoms with Crippen molar-refractivity contribution < 1.29 is 0 Å². The molecular formula is C18H32Si4. The lowest BCUT2D eigenvalue weighted by atomic mass is 10.4. The molecule has 0 aliphatic carbocycles. The van der Waals surface area contributed by atoms with Crippen LogP contribution in [0.2, 0.25) is 39.3 Å². The molecule has 0 bridgehead atoms. The van der Waals surface area contributed by atoms with E-state index >= 15 is 0 Å². The fourth-order valence-corrected chi connectivity index (χ4v) is 89.8. The van der Waals surface area contributed by atoms with Crippen LogP contribution in [-0.2, 0) is 0 Å². The molecule has 120 valence electrons. The molecule has 22 heavy (non-hydrogen) atoms. The minimum Gasteiger partial charge on any atom is -0.107 e. The Kier molecular flexibility index (Phi) is 5.66. The molecule has 0 aliphatic heterocycles. The summed E-state index contributed by atoms with van der Waals surface area (Å²) < 4.78 is 0. The van der Waals surface area contributed by atoms with Gasteiger partial charge in [-0.25, -0.2) is 0 Å². The minimum absolute atomic E-state index is 1.62. The third kappa shape index (κ3) is 2.66. The molecule has 0 spiro atoms.